The first-order chi connectivity index (χ1) is 13.0. The maximum absolute atomic E-state index is 12.8. The average molecular weight is 384 g/mol. The SMILES string of the molecule is COc1ccc(C(CNC(=O)c2cc(Cl)cc3cccnc23)N(C)C)cc1. The summed E-state index contributed by atoms with van der Waals surface area (Å²) < 4.78 is 5.21. The van der Waals surface area contributed by atoms with E-state index in [0.29, 0.717) is 22.6 Å². The van der Waals surface area contributed by atoms with E-state index < -0.39 is 0 Å². The zero-order valence-corrected chi connectivity index (χ0v) is 16.3. The lowest BCUT2D eigenvalue weighted by Crippen LogP contribution is -2.34. The van der Waals surface area contributed by atoms with Crippen LogP contribution in [0.2, 0.25) is 5.02 Å². The summed E-state index contributed by atoms with van der Waals surface area (Å²) in [6.07, 6.45) is 1.67. The first kappa shape index (κ1) is 19.1. The first-order valence-electron chi connectivity index (χ1n) is 8.62. The van der Waals surface area contributed by atoms with E-state index in [1.807, 2.05) is 50.5 Å². The van der Waals surface area contributed by atoms with Gasteiger partial charge in [-0.25, -0.2) is 0 Å². The molecule has 1 atom stereocenters. The Morgan fingerprint density at radius 1 is 1.22 bits per heavy atom. The van der Waals surface area contributed by atoms with Gasteiger partial charge in [-0.1, -0.05) is 29.8 Å². The quantitative estimate of drug-likeness (QED) is 0.700. The van der Waals surface area contributed by atoms with Crippen molar-refractivity contribution in [3.8, 4) is 5.75 Å². The third-order valence-corrected chi connectivity index (χ3v) is 4.71. The summed E-state index contributed by atoms with van der Waals surface area (Å²) in [6.45, 7) is 0.457. The number of fused-ring (bicyclic) bond motifs is 1. The van der Waals surface area contributed by atoms with Gasteiger partial charge in [0.05, 0.1) is 24.2 Å². The molecule has 1 amide bonds. The number of amides is 1. The molecule has 2 aromatic carbocycles. The number of nitrogens with one attached hydrogen (secondary N) is 1. The number of benzene rings is 2. The second-order valence-electron chi connectivity index (χ2n) is 6.49. The van der Waals surface area contributed by atoms with Crippen molar-refractivity contribution in [2.75, 3.05) is 27.7 Å². The summed E-state index contributed by atoms with van der Waals surface area (Å²) >= 11 is 6.18. The van der Waals surface area contributed by atoms with Crippen LogP contribution >= 0.6 is 11.6 Å². The summed E-state index contributed by atoms with van der Waals surface area (Å²) in [5.74, 6) is 0.610. The number of nitrogens with zero attached hydrogens (tertiary/aromatic N) is 2. The molecule has 0 fully saturated rings. The molecule has 3 aromatic rings. The van der Waals surface area contributed by atoms with Crippen molar-refractivity contribution in [2.24, 2.45) is 0 Å². The summed E-state index contributed by atoms with van der Waals surface area (Å²) in [5, 5.41) is 4.37. The van der Waals surface area contributed by atoms with E-state index in [1.165, 1.54) is 0 Å². The zero-order chi connectivity index (χ0) is 19.4. The third kappa shape index (κ3) is 4.38. The van der Waals surface area contributed by atoms with Gasteiger partial charge in [-0.2, -0.15) is 0 Å². The summed E-state index contributed by atoms with van der Waals surface area (Å²) in [5.41, 5.74) is 2.21. The van der Waals surface area contributed by atoms with Crippen molar-refractivity contribution < 1.29 is 9.53 Å². The van der Waals surface area contributed by atoms with Gasteiger partial charge in [-0.3, -0.25) is 9.78 Å². The summed E-state index contributed by atoms with van der Waals surface area (Å²) in [4.78, 5) is 19.2. The lowest BCUT2D eigenvalue weighted by Gasteiger charge is -2.25. The molecule has 27 heavy (non-hydrogen) atoms. The van der Waals surface area contributed by atoms with Crippen LogP contribution < -0.4 is 10.1 Å². The van der Waals surface area contributed by atoms with E-state index in [-0.39, 0.29) is 11.9 Å². The lowest BCUT2D eigenvalue weighted by atomic mass is 10.0. The van der Waals surface area contributed by atoms with Gasteiger partial charge < -0.3 is 15.0 Å². The minimum absolute atomic E-state index is 0.0262. The maximum Gasteiger partial charge on any atom is 0.253 e. The van der Waals surface area contributed by atoms with Gasteiger partial charge in [0.1, 0.15) is 5.75 Å². The molecule has 0 aliphatic rings. The first-order valence-corrected chi connectivity index (χ1v) is 9.00. The number of ether oxygens (including phenoxy) is 1. The monoisotopic (exact) mass is 383 g/mol. The molecule has 0 bridgehead atoms. The number of carbonyl (C=O) groups is 1. The van der Waals surface area contributed by atoms with Crippen LogP contribution in [-0.2, 0) is 0 Å². The Hall–Kier alpha value is -2.63. The van der Waals surface area contributed by atoms with Gasteiger partial charge in [-0.05, 0) is 50.0 Å². The Morgan fingerprint density at radius 2 is 1.96 bits per heavy atom. The molecule has 140 valence electrons. The summed E-state index contributed by atoms with van der Waals surface area (Å²) in [7, 11) is 5.61. The highest BCUT2D eigenvalue weighted by Crippen LogP contribution is 2.23. The Balaban J connectivity index is 1.80. The van der Waals surface area contributed by atoms with Crippen molar-refractivity contribution in [3.05, 3.63) is 70.9 Å². The molecular weight excluding hydrogens is 362 g/mol. The third-order valence-electron chi connectivity index (χ3n) is 4.49. The minimum atomic E-state index is -0.193. The van der Waals surface area contributed by atoms with E-state index in [1.54, 1.807) is 25.4 Å². The van der Waals surface area contributed by atoms with Crippen molar-refractivity contribution in [3.63, 3.8) is 0 Å². The molecule has 0 saturated heterocycles. The Bertz CT molecular complexity index is 942. The fourth-order valence-electron chi connectivity index (χ4n) is 3.04. The number of aromatic nitrogens is 1. The Morgan fingerprint density at radius 3 is 2.63 bits per heavy atom. The van der Waals surface area contributed by atoms with E-state index in [4.69, 9.17) is 16.3 Å². The molecule has 1 heterocycles. The standard InChI is InChI=1S/C21H22ClN3O2/c1-25(2)19(14-6-8-17(27-3)9-7-14)13-24-21(26)18-12-16(22)11-15-5-4-10-23-20(15)18/h4-12,19H,13H2,1-3H3,(H,24,26). The molecule has 3 rings (SSSR count). The molecule has 1 N–H and O–H groups in total. The Labute approximate surface area is 163 Å². The molecule has 0 radical (unpaired) electrons. The second-order valence-corrected chi connectivity index (χ2v) is 6.93. The van der Waals surface area contributed by atoms with E-state index >= 15 is 0 Å². The van der Waals surface area contributed by atoms with Gasteiger partial charge in [0, 0.05) is 23.2 Å². The average Bonchev–Trinajstić information content (AvgIpc) is 2.67. The molecule has 0 saturated carbocycles. The molecule has 0 spiro atoms. The highest BCUT2D eigenvalue weighted by molar-refractivity contribution is 6.32. The largest absolute Gasteiger partial charge is 0.497 e. The van der Waals surface area contributed by atoms with Crippen molar-refractivity contribution in [1.29, 1.82) is 0 Å². The van der Waals surface area contributed by atoms with Crippen LogP contribution in [0.1, 0.15) is 22.0 Å². The zero-order valence-electron chi connectivity index (χ0n) is 15.6. The molecule has 0 aliphatic heterocycles. The maximum atomic E-state index is 12.8. The van der Waals surface area contributed by atoms with E-state index in [2.05, 4.69) is 15.2 Å². The number of halogens is 1. The number of pyridine rings is 1. The number of rotatable bonds is 6. The van der Waals surface area contributed by atoms with Gasteiger partial charge >= 0.3 is 0 Å². The van der Waals surface area contributed by atoms with Gasteiger partial charge in [-0.15, -0.1) is 0 Å². The number of carbonyl (C=O) groups excluding carboxylic acids is 1. The lowest BCUT2D eigenvalue weighted by molar-refractivity contribution is 0.0943. The van der Waals surface area contributed by atoms with Crippen LogP contribution in [0.4, 0.5) is 0 Å². The predicted octanol–water partition coefficient (Wildman–Crippen LogP) is 3.93. The van der Waals surface area contributed by atoms with Crippen LogP contribution in [0.15, 0.2) is 54.7 Å². The fraction of sp³-hybridized carbons (Fsp3) is 0.238. The van der Waals surface area contributed by atoms with Crippen LogP contribution in [0.5, 0.6) is 5.75 Å². The number of hydrogen-bond donors (Lipinski definition) is 1. The van der Waals surface area contributed by atoms with Crippen LogP contribution in [0, 0.1) is 0 Å². The normalized spacial score (nSPS) is 12.2. The molecule has 5 nitrogen and oxygen atoms in total. The van der Waals surface area contributed by atoms with Crippen LogP contribution in [0.3, 0.4) is 0 Å². The molecule has 1 aromatic heterocycles. The van der Waals surface area contributed by atoms with Crippen molar-refractivity contribution in [1.82, 2.24) is 15.2 Å². The second kappa shape index (κ2) is 8.37. The molecular formula is C21H22ClN3O2. The Kier molecular flexibility index (Phi) is 5.94. The molecule has 1 unspecified atom stereocenters. The predicted molar refractivity (Wildman–Crippen MR) is 109 cm³/mol. The molecule has 6 heteroatoms. The number of methoxy groups -OCH3 is 1. The van der Waals surface area contributed by atoms with Crippen molar-refractivity contribution in [2.45, 2.75) is 6.04 Å². The van der Waals surface area contributed by atoms with E-state index in [9.17, 15) is 4.79 Å². The molecule has 0 aliphatic carbocycles. The minimum Gasteiger partial charge on any atom is -0.497 e. The fourth-order valence-corrected chi connectivity index (χ4v) is 3.26. The van der Waals surface area contributed by atoms with Gasteiger partial charge in [0.15, 0.2) is 0 Å². The van der Waals surface area contributed by atoms with Crippen LogP contribution in [-0.4, -0.2) is 43.5 Å². The van der Waals surface area contributed by atoms with Crippen LogP contribution in [0.25, 0.3) is 10.9 Å². The van der Waals surface area contributed by atoms with Gasteiger partial charge in [0.2, 0.25) is 0 Å². The topological polar surface area (TPSA) is 54.5 Å². The van der Waals surface area contributed by atoms with Crippen molar-refractivity contribution >= 4 is 28.4 Å². The highest BCUT2D eigenvalue weighted by Gasteiger charge is 2.18. The smallest absolute Gasteiger partial charge is 0.253 e. The van der Waals surface area contributed by atoms with Gasteiger partial charge in [0.25, 0.3) is 5.91 Å². The number of hydrogen-bond acceptors (Lipinski definition) is 4. The van der Waals surface area contributed by atoms with E-state index in [0.717, 1.165) is 16.7 Å². The number of likely N-dealkylation sites (N-methyl/N-ethyl adjacent to an activating group) is 1. The highest BCUT2D eigenvalue weighted by atomic mass is 35.5. The summed E-state index contributed by atoms with van der Waals surface area (Å²) in [6, 6.07) is 15.1.